The van der Waals surface area contributed by atoms with Crippen LogP contribution in [0.4, 0.5) is 0 Å². The maximum Gasteiger partial charge on any atom is 0.229 e. The van der Waals surface area contributed by atoms with Crippen LogP contribution in [0.1, 0.15) is 52.9 Å². The quantitative estimate of drug-likeness (QED) is 0.786. The van der Waals surface area contributed by atoms with Crippen LogP contribution >= 0.6 is 12.2 Å². The first kappa shape index (κ1) is 14.4. The van der Waals surface area contributed by atoms with Crippen LogP contribution in [0.2, 0.25) is 0 Å². The fourth-order valence-corrected chi connectivity index (χ4v) is 2.69. The Kier molecular flexibility index (Phi) is 4.92. The molecule has 0 saturated heterocycles. The molecule has 1 amide bonds. The van der Waals surface area contributed by atoms with Gasteiger partial charge in [0.25, 0.3) is 0 Å². The molecule has 0 unspecified atom stereocenters. The van der Waals surface area contributed by atoms with E-state index in [0.29, 0.717) is 11.5 Å². The molecule has 1 fully saturated rings. The summed E-state index contributed by atoms with van der Waals surface area (Å²) in [6.45, 7) is 6.52. The predicted octanol–water partition coefficient (Wildman–Crippen LogP) is 2.48. The highest BCUT2D eigenvalue weighted by atomic mass is 32.1. The lowest BCUT2D eigenvalue weighted by Gasteiger charge is -2.38. The number of carbonyl (C=O) groups is 1. The largest absolute Gasteiger partial charge is 0.392 e. The van der Waals surface area contributed by atoms with Gasteiger partial charge in [0.15, 0.2) is 0 Å². The van der Waals surface area contributed by atoms with Gasteiger partial charge in [-0.2, -0.15) is 0 Å². The standard InChI is InChI=1S/C13H24N2OS/c1-10(2)15(9-11(14)17)12(16)13(3)7-5-4-6-8-13/h10H,4-9H2,1-3H3,(H2,14,17). The van der Waals surface area contributed by atoms with Crippen molar-refractivity contribution in [1.82, 2.24) is 4.90 Å². The molecule has 0 spiro atoms. The zero-order valence-corrected chi connectivity index (χ0v) is 12.0. The Bertz CT molecular complexity index is 296. The van der Waals surface area contributed by atoms with Crippen molar-refractivity contribution in [3.05, 3.63) is 0 Å². The highest BCUT2D eigenvalue weighted by Gasteiger charge is 2.38. The van der Waals surface area contributed by atoms with E-state index in [1.165, 1.54) is 6.42 Å². The van der Waals surface area contributed by atoms with E-state index in [9.17, 15) is 4.79 Å². The number of nitrogens with zero attached hydrogens (tertiary/aromatic N) is 1. The van der Waals surface area contributed by atoms with Gasteiger partial charge in [-0.25, -0.2) is 0 Å². The fraction of sp³-hybridized carbons (Fsp3) is 0.846. The van der Waals surface area contributed by atoms with Crippen molar-refractivity contribution in [3.63, 3.8) is 0 Å². The van der Waals surface area contributed by atoms with E-state index in [1.54, 1.807) is 0 Å². The van der Waals surface area contributed by atoms with Crippen molar-refractivity contribution in [2.24, 2.45) is 11.1 Å². The average Bonchev–Trinajstić information content (AvgIpc) is 2.25. The van der Waals surface area contributed by atoms with Gasteiger partial charge >= 0.3 is 0 Å². The lowest BCUT2D eigenvalue weighted by Crippen LogP contribution is -2.49. The molecule has 0 aliphatic heterocycles. The average molecular weight is 256 g/mol. The summed E-state index contributed by atoms with van der Waals surface area (Å²) < 4.78 is 0. The van der Waals surface area contributed by atoms with E-state index in [4.69, 9.17) is 18.0 Å². The molecule has 3 nitrogen and oxygen atoms in total. The topological polar surface area (TPSA) is 46.3 Å². The van der Waals surface area contributed by atoms with Crippen molar-refractivity contribution in [1.29, 1.82) is 0 Å². The van der Waals surface area contributed by atoms with Crippen molar-refractivity contribution < 1.29 is 4.79 Å². The summed E-state index contributed by atoms with van der Waals surface area (Å²) in [6.07, 6.45) is 5.54. The number of nitrogens with two attached hydrogens (primary N) is 1. The van der Waals surface area contributed by atoms with Gasteiger partial charge in [0.2, 0.25) is 5.91 Å². The maximum atomic E-state index is 12.6. The van der Waals surface area contributed by atoms with Crippen molar-refractivity contribution in [2.45, 2.75) is 58.9 Å². The molecule has 0 heterocycles. The Morgan fingerprint density at radius 3 is 2.29 bits per heavy atom. The van der Waals surface area contributed by atoms with Gasteiger partial charge in [0.1, 0.15) is 0 Å². The third kappa shape index (κ3) is 3.66. The van der Waals surface area contributed by atoms with Crippen LogP contribution in [-0.2, 0) is 4.79 Å². The van der Waals surface area contributed by atoms with Gasteiger partial charge in [0, 0.05) is 11.5 Å². The van der Waals surface area contributed by atoms with Crippen LogP contribution in [-0.4, -0.2) is 28.4 Å². The SMILES string of the molecule is CC(C)N(CC(N)=S)C(=O)C1(C)CCCCC1. The summed E-state index contributed by atoms with van der Waals surface area (Å²) in [5.41, 5.74) is 5.38. The third-order valence-corrected chi connectivity index (χ3v) is 3.81. The normalized spacial score (nSPS) is 19.1. The Hall–Kier alpha value is -0.640. The van der Waals surface area contributed by atoms with E-state index in [2.05, 4.69) is 6.92 Å². The van der Waals surface area contributed by atoms with E-state index >= 15 is 0 Å². The minimum absolute atomic E-state index is 0.155. The summed E-state index contributed by atoms with van der Waals surface area (Å²) in [7, 11) is 0. The van der Waals surface area contributed by atoms with Crippen LogP contribution in [0.3, 0.4) is 0 Å². The Morgan fingerprint density at radius 2 is 1.88 bits per heavy atom. The third-order valence-electron chi connectivity index (χ3n) is 3.68. The molecular formula is C13H24N2OS. The molecule has 98 valence electrons. The highest BCUT2D eigenvalue weighted by molar-refractivity contribution is 7.80. The highest BCUT2D eigenvalue weighted by Crippen LogP contribution is 2.37. The van der Waals surface area contributed by atoms with E-state index in [1.807, 2.05) is 18.7 Å². The summed E-state index contributed by atoms with van der Waals surface area (Å²) >= 11 is 4.93. The molecule has 0 aromatic rings. The summed E-state index contributed by atoms with van der Waals surface area (Å²) in [5, 5.41) is 0. The molecular weight excluding hydrogens is 232 g/mol. The van der Waals surface area contributed by atoms with Crippen LogP contribution in [0, 0.1) is 5.41 Å². The van der Waals surface area contributed by atoms with Crippen LogP contribution < -0.4 is 5.73 Å². The number of hydrogen-bond donors (Lipinski definition) is 1. The van der Waals surface area contributed by atoms with Gasteiger partial charge in [-0.15, -0.1) is 0 Å². The van der Waals surface area contributed by atoms with Crippen molar-refractivity contribution in [3.8, 4) is 0 Å². The molecule has 1 saturated carbocycles. The van der Waals surface area contributed by atoms with Crippen molar-refractivity contribution >= 4 is 23.1 Å². The zero-order chi connectivity index (χ0) is 13.1. The molecule has 0 aromatic carbocycles. The van der Waals surface area contributed by atoms with E-state index in [0.717, 1.165) is 25.7 Å². The first-order chi connectivity index (χ1) is 7.87. The smallest absolute Gasteiger partial charge is 0.229 e. The molecule has 1 aliphatic carbocycles. The molecule has 0 radical (unpaired) electrons. The molecule has 0 atom stereocenters. The number of thiocarbonyl (C=S) groups is 1. The van der Waals surface area contributed by atoms with Gasteiger partial charge in [-0.3, -0.25) is 4.79 Å². The molecule has 4 heteroatoms. The van der Waals surface area contributed by atoms with Crippen LogP contribution in [0.5, 0.6) is 0 Å². The van der Waals surface area contributed by atoms with Gasteiger partial charge < -0.3 is 10.6 Å². The summed E-state index contributed by atoms with van der Waals surface area (Å²) in [6, 6.07) is 0.155. The number of rotatable bonds is 4. The Morgan fingerprint density at radius 1 is 1.35 bits per heavy atom. The summed E-state index contributed by atoms with van der Waals surface area (Å²) in [5.74, 6) is 0.222. The summed E-state index contributed by atoms with van der Waals surface area (Å²) in [4.78, 5) is 14.8. The molecule has 2 N–H and O–H groups in total. The van der Waals surface area contributed by atoms with Gasteiger partial charge in [-0.1, -0.05) is 38.4 Å². The second-order valence-electron chi connectivity index (χ2n) is 5.61. The number of amides is 1. The minimum atomic E-state index is -0.201. The first-order valence-electron chi connectivity index (χ1n) is 6.46. The van der Waals surface area contributed by atoms with E-state index < -0.39 is 0 Å². The second kappa shape index (κ2) is 5.80. The Balaban J connectivity index is 2.79. The molecule has 1 aliphatic rings. The van der Waals surface area contributed by atoms with Gasteiger partial charge in [-0.05, 0) is 26.7 Å². The Labute approximate surface area is 110 Å². The second-order valence-corrected chi connectivity index (χ2v) is 6.14. The first-order valence-corrected chi connectivity index (χ1v) is 6.87. The number of hydrogen-bond acceptors (Lipinski definition) is 2. The maximum absolute atomic E-state index is 12.6. The molecule has 0 bridgehead atoms. The van der Waals surface area contributed by atoms with E-state index in [-0.39, 0.29) is 17.4 Å². The number of carbonyl (C=O) groups excluding carboxylic acids is 1. The predicted molar refractivity (Wildman–Crippen MR) is 74.8 cm³/mol. The van der Waals surface area contributed by atoms with Crippen LogP contribution in [0.15, 0.2) is 0 Å². The molecule has 17 heavy (non-hydrogen) atoms. The minimum Gasteiger partial charge on any atom is -0.392 e. The molecule has 1 rings (SSSR count). The fourth-order valence-electron chi connectivity index (χ4n) is 2.55. The molecule has 0 aromatic heterocycles. The van der Waals surface area contributed by atoms with Crippen molar-refractivity contribution in [2.75, 3.05) is 6.54 Å². The van der Waals surface area contributed by atoms with Crippen LogP contribution in [0.25, 0.3) is 0 Å². The lowest BCUT2D eigenvalue weighted by atomic mass is 9.74. The lowest BCUT2D eigenvalue weighted by molar-refractivity contribution is -0.144. The zero-order valence-electron chi connectivity index (χ0n) is 11.2. The monoisotopic (exact) mass is 256 g/mol. The van der Waals surface area contributed by atoms with Gasteiger partial charge in [0.05, 0.1) is 11.5 Å².